The molecule has 1 aliphatic heterocycles. The molecule has 1 saturated heterocycles. The molecule has 0 aromatic carbocycles. The average molecular weight is 262 g/mol. The van der Waals surface area contributed by atoms with Crippen molar-refractivity contribution in [2.24, 2.45) is 0 Å². The third-order valence-corrected chi connectivity index (χ3v) is 4.53. The Balaban J connectivity index is 1.61. The molecule has 1 unspecified atom stereocenters. The van der Waals surface area contributed by atoms with E-state index in [2.05, 4.69) is 10.0 Å². The largest absolute Gasteiger partial charge is 0.377 e. The molecule has 100 valence electrons. The molecule has 0 spiro atoms. The summed E-state index contributed by atoms with van der Waals surface area (Å²) >= 11 is 0. The molecule has 2 fully saturated rings. The zero-order valence-electron chi connectivity index (χ0n) is 10.2. The minimum Gasteiger partial charge on any atom is -0.377 e. The zero-order valence-corrected chi connectivity index (χ0v) is 11.0. The maximum absolute atomic E-state index is 11.7. The molecule has 0 radical (unpaired) electrons. The summed E-state index contributed by atoms with van der Waals surface area (Å²) < 4.78 is 31.5. The molecular weight excluding hydrogens is 240 g/mol. The monoisotopic (exact) mass is 262 g/mol. The molecule has 2 rings (SSSR count). The molecule has 1 heterocycles. The first-order valence-corrected chi connectivity index (χ1v) is 8.13. The predicted molar refractivity (Wildman–Crippen MR) is 66.4 cm³/mol. The molecule has 0 bridgehead atoms. The fourth-order valence-corrected chi connectivity index (χ4v) is 2.92. The smallest absolute Gasteiger partial charge is 0.212 e. The van der Waals surface area contributed by atoms with Gasteiger partial charge < -0.3 is 10.1 Å². The Morgan fingerprint density at radius 2 is 2.00 bits per heavy atom. The van der Waals surface area contributed by atoms with E-state index in [0.717, 1.165) is 25.9 Å². The second kappa shape index (κ2) is 6.13. The van der Waals surface area contributed by atoms with Gasteiger partial charge in [0, 0.05) is 25.7 Å². The fraction of sp³-hybridized carbons (Fsp3) is 1.00. The van der Waals surface area contributed by atoms with Crippen LogP contribution in [0.15, 0.2) is 0 Å². The topological polar surface area (TPSA) is 67.4 Å². The molecule has 6 heteroatoms. The normalized spacial score (nSPS) is 26.0. The maximum Gasteiger partial charge on any atom is 0.212 e. The third kappa shape index (κ3) is 5.33. The van der Waals surface area contributed by atoms with E-state index in [9.17, 15) is 8.42 Å². The minimum absolute atomic E-state index is 0.0647. The summed E-state index contributed by atoms with van der Waals surface area (Å²) in [4.78, 5) is 0. The lowest BCUT2D eigenvalue weighted by Crippen LogP contribution is -2.38. The van der Waals surface area contributed by atoms with Gasteiger partial charge in [-0.2, -0.15) is 0 Å². The van der Waals surface area contributed by atoms with Gasteiger partial charge in [0.05, 0.1) is 11.9 Å². The Labute approximate surface area is 103 Å². The number of rotatable bonds is 7. The van der Waals surface area contributed by atoms with E-state index in [1.54, 1.807) is 0 Å². The summed E-state index contributed by atoms with van der Waals surface area (Å²) in [6, 6.07) is 0.562. The van der Waals surface area contributed by atoms with Crippen LogP contribution >= 0.6 is 0 Å². The lowest BCUT2D eigenvalue weighted by atomic mass is 10.1. The van der Waals surface area contributed by atoms with E-state index in [4.69, 9.17) is 4.74 Å². The van der Waals surface area contributed by atoms with E-state index >= 15 is 0 Å². The molecule has 5 nitrogen and oxygen atoms in total. The quantitative estimate of drug-likeness (QED) is 0.689. The highest BCUT2D eigenvalue weighted by atomic mass is 32.2. The van der Waals surface area contributed by atoms with E-state index in [1.165, 1.54) is 12.8 Å². The van der Waals surface area contributed by atoms with Gasteiger partial charge in [-0.1, -0.05) is 0 Å². The van der Waals surface area contributed by atoms with Gasteiger partial charge in [0.1, 0.15) is 0 Å². The van der Waals surface area contributed by atoms with Gasteiger partial charge in [0.2, 0.25) is 10.0 Å². The number of hydrogen-bond acceptors (Lipinski definition) is 4. The standard InChI is InChI=1S/C11H22N2O3S/c14-17(15,8-6-12-10-4-5-10)13-9-11-3-1-2-7-16-11/h10-13H,1-9H2. The van der Waals surface area contributed by atoms with E-state index in [-0.39, 0.29) is 11.9 Å². The van der Waals surface area contributed by atoms with Crippen molar-refractivity contribution in [3.8, 4) is 0 Å². The molecule has 0 aromatic rings. The van der Waals surface area contributed by atoms with Crippen LogP contribution in [0.1, 0.15) is 32.1 Å². The molecule has 1 aliphatic carbocycles. The summed E-state index contributed by atoms with van der Waals surface area (Å²) in [6.07, 6.45) is 5.62. The van der Waals surface area contributed by atoms with Gasteiger partial charge in [-0.15, -0.1) is 0 Å². The molecule has 1 atom stereocenters. The molecule has 2 N–H and O–H groups in total. The summed E-state index contributed by atoms with van der Waals surface area (Å²) in [7, 11) is -3.14. The lowest BCUT2D eigenvalue weighted by molar-refractivity contribution is 0.0200. The number of sulfonamides is 1. The molecule has 0 amide bonds. The summed E-state index contributed by atoms with van der Waals surface area (Å²) in [5.41, 5.74) is 0. The van der Waals surface area contributed by atoms with Crippen molar-refractivity contribution in [2.45, 2.75) is 44.2 Å². The van der Waals surface area contributed by atoms with Crippen molar-refractivity contribution in [3.05, 3.63) is 0 Å². The van der Waals surface area contributed by atoms with Crippen molar-refractivity contribution in [1.82, 2.24) is 10.0 Å². The third-order valence-electron chi connectivity index (χ3n) is 3.19. The zero-order chi connectivity index (χ0) is 12.1. The Bertz CT molecular complexity index is 322. The predicted octanol–water partition coefficient (Wildman–Crippen LogP) is 0.227. The first kappa shape index (κ1) is 13.3. The van der Waals surface area contributed by atoms with Crippen LogP contribution in [0.3, 0.4) is 0 Å². The highest BCUT2D eigenvalue weighted by Crippen LogP contribution is 2.18. The van der Waals surface area contributed by atoms with Crippen LogP contribution in [0.25, 0.3) is 0 Å². The SMILES string of the molecule is O=S(=O)(CCNC1CC1)NCC1CCCCO1. The Morgan fingerprint density at radius 1 is 1.18 bits per heavy atom. The number of hydrogen-bond donors (Lipinski definition) is 2. The van der Waals surface area contributed by atoms with Crippen LogP contribution in [-0.4, -0.2) is 46.0 Å². The van der Waals surface area contributed by atoms with Gasteiger partial charge in [0.15, 0.2) is 0 Å². The summed E-state index contributed by atoms with van der Waals surface area (Å²) in [5, 5.41) is 3.20. The van der Waals surface area contributed by atoms with Crippen molar-refractivity contribution in [3.63, 3.8) is 0 Å². The van der Waals surface area contributed by atoms with Crippen molar-refractivity contribution < 1.29 is 13.2 Å². The van der Waals surface area contributed by atoms with Gasteiger partial charge >= 0.3 is 0 Å². The summed E-state index contributed by atoms with van der Waals surface area (Å²) in [6.45, 7) is 1.73. The van der Waals surface area contributed by atoms with Gasteiger partial charge in [-0.3, -0.25) is 0 Å². The van der Waals surface area contributed by atoms with Crippen LogP contribution in [0.2, 0.25) is 0 Å². The number of nitrogens with one attached hydrogen (secondary N) is 2. The Kier molecular flexibility index (Phi) is 4.78. The fourth-order valence-electron chi connectivity index (χ4n) is 1.95. The van der Waals surface area contributed by atoms with Crippen molar-refractivity contribution in [1.29, 1.82) is 0 Å². The average Bonchev–Trinajstić information content (AvgIpc) is 3.12. The van der Waals surface area contributed by atoms with Crippen molar-refractivity contribution in [2.75, 3.05) is 25.4 Å². The molecular formula is C11H22N2O3S. The van der Waals surface area contributed by atoms with Gasteiger partial charge in [0.25, 0.3) is 0 Å². The maximum atomic E-state index is 11.7. The number of ether oxygens (including phenoxy) is 1. The van der Waals surface area contributed by atoms with Gasteiger partial charge in [-0.05, 0) is 32.1 Å². The molecule has 2 aliphatic rings. The van der Waals surface area contributed by atoms with Crippen molar-refractivity contribution >= 4 is 10.0 Å². The first-order valence-electron chi connectivity index (χ1n) is 6.48. The summed E-state index contributed by atoms with van der Waals surface area (Å²) in [5.74, 6) is 0.163. The second-order valence-electron chi connectivity index (χ2n) is 4.88. The van der Waals surface area contributed by atoms with E-state index in [0.29, 0.717) is 19.1 Å². The Hall–Kier alpha value is -0.170. The van der Waals surface area contributed by atoms with Gasteiger partial charge in [-0.25, -0.2) is 13.1 Å². The highest BCUT2D eigenvalue weighted by Gasteiger charge is 2.22. The van der Waals surface area contributed by atoms with E-state index < -0.39 is 10.0 Å². The van der Waals surface area contributed by atoms with E-state index in [1.807, 2.05) is 0 Å². The minimum atomic E-state index is -3.14. The van der Waals surface area contributed by atoms with Crippen LogP contribution in [0.4, 0.5) is 0 Å². The second-order valence-corrected chi connectivity index (χ2v) is 6.81. The van der Waals surface area contributed by atoms with Crippen LogP contribution in [-0.2, 0) is 14.8 Å². The van der Waals surface area contributed by atoms with Crippen LogP contribution in [0, 0.1) is 0 Å². The molecule has 1 saturated carbocycles. The van der Waals surface area contributed by atoms with Crippen LogP contribution < -0.4 is 10.0 Å². The van der Waals surface area contributed by atoms with Crippen LogP contribution in [0.5, 0.6) is 0 Å². The lowest BCUT2D eigenvalue weighted by Gasteiger charge is -2.22. The molecule has 0 aromatic heterocycles. The highest BCUT2D eigenvalue weighted by molar-refractivity contribution is 7.89. The Morgan fingerprint density at radius 3 is 2.65 bits per heavy atom. The first-order chi connectivity index (χ1) is 8.16. The molecule has 17 heavy (non-hydrogen) atoms.